The van der Waals surface area contributed by atoms with Crippen molar-refractivity contribution in [1.29, 1.82) is 0 Å². The van der Waals surface area contributed by atoms with Gasteiger partial charge in [0.05, 0.1) is 5.69 Å². The van der Waals surface area contributed by atoms with Crippen LogP contribution < -0.4 is 10.5 Å². The first-order valence-electron chi connectivity index (χ1n) is 9.38. The molecule has 5 heterocycles. The van der Waals surface area contributed by atoms with E-state index in [1.165, 1.54) is 4.68 Å². The highest BCUT2D eigenvalue weighted by Crippen LogP contribution is 2.29. The van der Waals surface area contributed by atoms with Gasteiger partial charge < -0.3 is 9.80 Å². The highest BCUT2D eigenvalue weighted by Gasteiger charge is 2.37. The van der Waals surface area contributed by atoms with Gasteiger partial charge in [-0.15, -0.1) is 0 Å². The number of nitrogens with zero attached hydrogens (tertiary/aromatic N) is 6. The largest absolute Gasteiger partial charge is 0.338 e. The van der Waals surface area contributed by atoms with Crippen LogP contribution >= 0.6 is 0 Å². The molecule has 0 spiro atoms. The zero-order chi connectivity index (χ0) is 19.0. The average molecular weight is 368 g/mol. The lowest BCUT2D eigenvalue weighted by Crippen LogP contribution is -2.49. The van der Waals surface area contributed by atoms with Crippen molar-refractivity contribution in [2.45, 2.75) is 39.3 Å². The molecule has 0 saturated carbocycles. The predicted molar refractivity (Wildman–Crippen MR) is 100 cm³/mol. The Morgan fingerprint density at radius 2 is 1.93 bits per heavy atom. The van der Waals surface area contributed by atoms with Crippen molar-refractivity contribution in [2.24, 2.45) is 5.92 Å². The zero-order valence-corrected chi connectivity index (χ0v) is 15.7. The van der Waals surface area contributed by atoms with Gasteiger partial charge in [-0.2, -0.15) is 5.10 Å². The molecular formula is C19H24N6O2. The molecule has 8 nitrogen and oxygen atoms in total. The van der Waals surface area contributed by atoms with Gasteiger partial charge in [0.1, 0.15) is 6.54 Å². The summed E-state index contributed by atoms with van der Waals surface area (Å²) in [6, 6.07) is 3.46. The van der Waals surface area contributed by atoms with E-state index in [0.717, 1.165) is 43.1 Å². The fourth-order valence-corrected chi connectivity index (χ4v) is 4.01. The molecule has 27 heavy (non-hydrogen) atoms. The second-order valence-corrected chi connectivity index (χ2v) is 7.51. The summed E-state index contributed by atoms with van der Waals surface area (Å²) in [5, 5.41) is 4.28. The van der Waals surface area contributed by atoms with Crippen molar-refractivity contribution in [3.8, 4) is 0 Å². The fourth-order valence-electron chi connectivity index (χ4n) is 4.01. The summed E-state index contributed by atoms with van der Waals surface area (Å²) in [6.45, 7) is 5.98. The molecule has 0 aliphatic carbocycles. The van der Waals surface area contributed by atoms with Crippen LogP contribution in [0.1, 0.15) is 24.1 Å². The van der Waals surface area contributed by atoms with Gasteiger partial charge in [0, 0.05) is 44.1 Å². The summed E-state index contributed by atoms with van der Waals surface area (Å²) in [6.07, 6.45) is 5.56. The maximum absolute atomic E-state index is 13.0. The van der Waals surface area contributed by atoms with E-state index < -0.39 is 0 Å². The highest BCUT2D eigenvalue weighted by molar-refractivity contribution is 5.76. The molecule has 0 N–H and O–H groups in total. The number of aryl methyl sites for hydroxylation is 2. The molecular weight excluding hydrogens is 344 g/mol. The summed E-state index contributed by atoms with van der Waals surface area (Å²) in [5.74, 6) is 1.06. The molecule has 0 aromatic carbocycles. The lowest BCUT2D eigenvalue weighted by molar-refractivity contribution is -0.136. The first-order valence-corrected chi connectivity index (χ1v) is 9.38. The third-order valence-corrected chi connectivity index (χ3v) is 5.59. The molecule has 3 aliphatic heterocycles. The smallest absolute Gasteiger partial charge is 0.267 e. The van der Waals surface area contributed by atoms with Gasteiger partial charge in [0.25, 0.3) is 5.56 Å². The molecule has 2 atom stereocenters. The van der Waals surface area contributed by atoms with Crippen LogP contribution in [-0.4, -0.2) is 56.2 Å². The predicted octanol–water partition coefficient (Wildman–Crippen LogP) is 0.778. The first-order chi connectivity index (χ1) is 13.0. The van der Waals surface area contributed by atoms with Crippen LogP contribution in [-0.2, 0) is 11.3 Å². The molecule has 1 amide bonds. The maximum Gasteiger partial charge on any atom is 0.267 e. The molecule has 3 fully saturated rings. The third-order valence-electron chi connectivity index (χ3n) is 5.59. The minimum atomic E-state index is -0.231. The van der Waals surface area contributed by atoms with Crippen LogP contribution in [0.3, 0.4) is 0 Å². The van der Waals surface area contributed by atoms with Crippen molar-refractivity contribution in [1.82, 2.24) is 24.6 Å². The Morgan fingerprint density at radius 1 is 1.15 bits per heavy atom. The van der Waals surface area contributed by atoms with Crippen LogP contribution in [0.5, 0.6) is 0 Å². The molecule has 2 aromatic heterocycles. The molecule has 8 heteroatoms. The summed E-state index contributed by atoms with van der Waals surface area (Å²) >= 11 is 0. The van der Waals surface area contributed by atoms with E-state index in [9.17, 15) is 9.59 Å². The van der Waals surface area contributed by atoms with E-state index in [1.54, 1.807) is 24.5 Å². The van der Waals surface area contributed by atoms with Crippen LogP contribution in [0.25, 0.3) is 0 Å². The van der Waals surface area contributed by atoms with Crippen LogP contribution in [0.4, 0.5) is 5.95 Å². The number of rotatable bonds is 3. The molecule has 2 bridgehead atoms. The Bertz CT molecular complexity index is 897. The summed E-state index contributed by atoms with van der Waals surface area (Å²) in [5.41, 5.74) is 1.38. The second kappa shape index (κ2) is 7.09. The third kappa shape index (κ3) is 3.56. The van der Waals surface area contributed by atoms with Gasteiger partial charge in [-0.05, 0) is 44.2 Å². The standard InChI is InChI=1S/C19H24N6O2/c1-13-8-17(26)25(22-14(13)2)12-18(27)24-10-15-4-5-16(24)11-23(9-15)19-20-6-3-7-21-19/h3,6-8,15-16H,4-5,9-12H2,1-2H3/t15-,16+/m0/s1. The Balaban J connectivity index is 1.52. The number of hydrogen-bond acceptors (Lipinski definition) is 6. The summed E-state index contributed by atoms with van der Waals surface area (Å²) < 4.78 is 1.28. The van der Waals surface area contributed by atoms with Crippen LogP contribution in [0, 0.1) is 19.8 Å². The normalized spacial score (nSPS) is 22.0. The SMILES string of the molecule is Cc1cc(=O)n(CC(=O)N2C[C@H]3CC[C@@H]2CN(c2ncccn2)C3)nc1C. The number of amides is 1. The van der Waals surface area contributed by atoms with E-state index in [1.807, 2.05) is 18.7 Å². The van der Waals surface area contributed by atoms with Gasteiger partial charge in [-0.1, -0.05) is 0 Å². The number of aromatic nitrogens is 4. The van der Waals surface area contributed by atoms with Crippen molar-refractivity contribution in [3.05, 3.63) is 46.1 Å². The molecule has 5 rings (SSSR count). The van der Waals surface area contributed by atoms with Crippen molar-refractivity contribution in [2.75, 3.05) is 24.5 Å². The molecule has 0 radical (unpaired) electrons. The topological polar surface area (TPSA) is 84.2 Å². The zero-order valence-electron chi connectivity index (χ0n) is 15.7. The molecule has 3 saturated heterocycles. The van der Waals surface area contributed by atoms with Crippen molar-refractivity contribution < 1.29 is 4.79 Å². The average Bonchev–Trinajstić information content (AvgIpc) is 2.99. The molecule has 2 aromatic rings. The van der Waals surface area contributed by atoms with E-state index in [4.69, 9.17) is 0 Å². The maximum atomic E-state index is 13.0. The second-order valence-electron chi connectivity index (χ2n) is 7.51. The van der Waals surface area contributed by atoms with Crippen LogP contribution in [0.2, 0.25) is 0 Å². The Hall–Kier alpha value is -2.77. The number of fused-ring (bicyclic) bond motifs is 4. The van der Waals surface area contributed by atoms with Crippen molar-refractivity contribution >= 4 is 11.9 Å². The number of carbonyl (C=O) groups is 1. The van der Waals surface area contributed by atoms with Gasteiger partial charge in [-0.25, -0.2) is 14.6 Å². The number of hydrogen-bond donors (Lipinski definition) is 0. The number of piperidine rings is 1. The Morgan fingerprint density at radius 3 is 2.70 bits per heavy atom. The van der Waals surface area contributed by atoms with Crippen LogP contribution in [0.15, 0.2) is 29.3 Å². The quantitative estimate of drug-likeness (QED) is 0.796. The Labute approximate surface area is 157 Å². The number of anilines is 1. The van der Waals surface area contributed by atoms with Gasteiger partial charge in [0.2, 0.25) is 11.9 Å². The monoisotopic (exact) mass is 368 g/mol. The van der Waals surface area contributed by atoms with Crippen molar-refractivity contribution in [3.63, 3.8) is 0 Å². The van der Waals surface area contributed by atoms with E-state index in [0.29, 0.717) is 12.5 Å². The first kappa shape index (κ1) is 17.6. The fraction of sp³-hybridized carbons (Fsp3) is 0.526. The molecule has 142 valence electrons. The van der Waals surface area contributed by atoms with Gasteiger partial charge in [0.15, 0.2) is 0 Å². The minimum Gasteiger partial charge on any atom is -0.338 e. The number of carbonyl (C=O) groups excluding carboxylic acids is 1. The summed E-state index contributed by atoms with van der Waals surface area (Å²) in [7, 11) is 0. The Kier molecular flexibility index (Phi) is 4.63. The lowest BCUT2D eigenvalue weighted by Gasteiger charge is -2.36. The van der Waals surface area contributed by atoms with E-state index >= 15 is 0 Å². The molecule has 0 unspecified atom stereocenters. The minimum absolute atomic E-state index is 0.00892. The van der Waals surface area contributed by atoms with E-state index in [-0.39, 0.29) is 24.1 Å². The lowest BCUT2D eigenvalue weighted by atomic mass is 9.95. The van der Waals surface area contributed by atoms with Gasteiger partial charge >= 0.3 is 0 Å². The van der Waals surface area contributed by atoms with E-state index in [2.05, 4.69) is 20.0 Å². The molecule has 3 aliphatic rings. The highest BCUT2D eigenvalue weighted by atomic mass is 16.2. The summed E-state index contributed by atoms with van der Waals surface area (Å²) in [4.78, 5) is 38.0. The van der Waals surface area contributed by atoms with Gasteiger partial charge in [-0.3, -0.25) is 9.59 Å².